The highest BCUT2D eigenvalue weighted by Gasteiger charge is 2.23. The van der Waals surface area contributed by atoms with Gasteiger partial charge in [0.1, 0.15) is 0 Å². The molecule has 0 spiro atoms. The van der Waals surface area contributed by atoms with E-state index < -0.39 is 0 Å². The van der Waals surface area contributed by atoms with Crippen LogP contribution in [-0.2, 0) is 13.1 Å². The maximum Gasteiger partial charge on any atom is 0.0328 e. The molecular formula is C17H30N2S. The molecule has 1 aromatic rings. The van der Waals surface area contributed by atoms with Crippen LogP contribution in [0.5, 0.6) is 0 Å². The normalized spacial score (nSPS) is 20.2. The highest BCUT2D eigenvalue weighted by atomic mass is 32.1. The van der Waals surface area contributed by atoms with Crippen molar-refractivity contribution in [3.8, 4) is 0 Å². The molecule has 20 heavy (non-hydrogen) atoms. The molecule has 0 saturated carbocycles. The summed E-state index contributed by atoms with van der Waals surface area (Å²) in [6.07, 6.45) is 4.05. The van der Waals surface area contributed by atoms with Crippen LogP contribution in [0.25, 0.3) is 0 Å². The zero-order valence-electron chi connectivity index (χ0n) is 13.5. The fraction of sp³-hybridized carbons (Fsp3) is 0.765. The summed E-state index contributed by atoms with van der Waals surface area (Å²) >= 11 is 1.97. The second-order valence-electron chi connectivity index (χ2n) is 7.20. The lowest BCUT2D eigenvalue weighted by Gasteiger charge is -2.22. The molecule has 1 fully saturated rings. The predicted molar refractivity (Wildman–Crippen MR) is 89.2 cm³/mol. The lowest BCUT2D eigenvalue weighted by Crippen LogP contribution is -2.24. The zero-order chi connectivity index (χ0) is 14.6. The number of thiophene rings is 1. The predicted octanol–water partition coefficient (Wildman–Crippen LogP) is 4.26. The monoisotopic (exact) mass is 294 g/mol. The molecule has 114 valence electrons. The van der Waals surface area contributed by atoms with Crippen LogP contribution >= 0.6 is 11.3 Å². The number of hydrogen-bond acceptors (Lipinski definition) is 3. The molecule has 2 heterocycles. The van der Waals surface area contributed by atoms with Crippen molar-refractivity contribution in [3.05, 3.63) is 21.9 Å². The summed E-state index contributed by atoms with van der Waals surface area (Å²) in [6, 6.07) is 5.17. The summed E-state index contributed by atoms with van der Waals surface area (Å²) in [7, 11) is 0. The highest BCUT2D eigenvalue weighted by molar-refractivity contribution is 7.11. The Morgan fingerprint density at radius 2 is 1.95 bits per heavy atom. The Bertz CT molecular complexity index is 409. The molecule has 1 saturated heterocycles. The van der Waals surface area contributed by atoms with Gasteiger partial charge in [-0.1, -0.05) is 27.7 Å². The first kappa shape index (κ1) is 16.0. The summed E-state index contributed by atoms with van der Waals surface area (Å²) in [5.41, 5.74) is 0.538. The third kappa shape index (κ3) is 5.19. The van der Waals surface area contributed by atoms with Crippen LogP contribution in [0.1, 0.15) is 56.7 Å². The first-order chi connectivity index (χ1) is 9.44. The van der Waals surface area contributed by atoms with Crippen LogP contribution < -0.4 is 5.32 Å². The lowest BCUT2D eigenvalue weighted by atomic mass is 9.85. The minimum Gasteiger partial charge on any atom is -0.310 e. The number of nitrogens with one attached hydrogen (secondary N) is 1. The van der Waals surface area contributed by atoms with Gasteiger partial charge in [0, 0.05) is 28.9 Å². The molecule has 1 aliphatic rings. The summed E-state index contributed by atoms with van der Waals surface area (Å²) in [4.78, 5) is 5.62. The molecule has 0 amide bonds. The maximum atomic E-state index is 3.50. The van der Waals surface area contributed by atoms with Gasteiger partial charge in [0.05, 0.1) is 0 Å². The molecule has 1 aliphatic heterocycles. The van der Waals surface area contributed by atoms with Crippen LogP contribution in [-0.4, -0.2) is 24.0 Å². The second-order valence-corrected chi connectivity index (χ2v) is 8.45. The van der Waals surface area contributed by atoms with Gasteiger partial charge >= 0.3 is 0 Å². The molecule has 2 rings (SSSR count). The van der Waals surface area contributed by atoms with Crippen molar-refractivity contribution >= 4 is 11.3 Å². The molecule has 0 aliphatic carbocycles. The van der Waals surface area contributed by atoms with Gasteiger partial charge in [0.25, 0.3) is 0 Å². The van der Waals surface area contributed by atoms with Gasteiger partial charge in [-0.25, -0.2) is 0 Å². The average Bonchev–Trinajstić information content (AvgIpc) is 2.73. The van der Waals surface area contributed by atoms with E-state index in [2.05, 4.69) is 50.0 Å². The Hall–Kier alpha value is -0.380. The van der Waals surface area contributed by atoms with Gasteiger partial charge in [0.2, 0.25) is 0 Å². The van der Waals surface area contributed by atoms with Crippen LogP contribution in [0.2, 0.25) is 0 Å². The Balaban J connectivity index is 1.84. The fourth-order valence-electron chi connectivity index (χ4n) is 2.76. The molecule has 1 N–H and O–H groups in total. The van der Waals surface area contributed by atoms with E-state index in [0.29, 0.717) is 11.5 Å². The molecule has 2 nitrogen and oxygen atoms in total. The largest absolute Gasteiger partial charge is 0.310 e. The van der Waals surface area contributed by atoms with E-state index in [0.717, 1.165) is 13.1 Å². The first-order valence-electron chi connectivity index (χ1n) is 7.98. The summed E-state index contributed by atoms with van der Waals surface area (Å²) in [6.45, 7) is 13.9. The molecule has 0 aromatic carbocycles. The van der Waals surface area contributed by atoms with Crippen LogP contribution in [0.4, 0.5) is 0 Å². The van der Waals surface area contributed by atoms with Crippen LogP contribution in [0, 0.1) is 5.41 Å². The smallest absolute Gasteiger partial charge is 0.0328 e. The summed E-state index contributed by atoms with van der Waals surface area (Å²) in [5, 5.41) is 3.50. The Morgan fingerprint density at radius 1 is 1.20 bits per heavy atom. The third-order valence-electron chi connectivity index (χ3n) is 4.21. The quantitative estimate of drug-likeness (QED) is 0.873. The van der Waals surface area contributed by atoms with Crippen molar-refractivity contribution in [1.82, 2.24) is 10.2 Å². The topological polar surface area (TPSA) is 15.3 Å². The number of rotatable bonds is 5. The SMILES string of the molecule is CC(C)NCc1ccc(CN2CCCC(C)(C)CC2)s1. The maximum absolute atomic E-state index is 3.50. The average molecular weight is 295 g/mol. The van der Waals surface area contributed by atoms with E-state index in [4.69, 9.17) is 0 Å². The summed E-state index contributed by atoms with van der Waals surface area (Å²) < 4.78 is 0. The number of hydrogen-bond donors (Lipinski definition) is 1. The van der Waals surface area contributed by atoms with Crippen molar-refractivity contribution in [2.45, 2.75) is 66.1 Å². The van der Waals surface area contributed by atoms with Crippen LogP contribution in [0.3, 0.4) is 0 Å². The van der Waals surface area contributed by atoms with Crippen molar-refractivity contribution in [3.63, 3.8) is 0 Å². The van der Waals surface area contributed by atoms with Crippen molar-refractivity contribution in [2.24, 2.45) is 5.41 Å². The lowest BCUT2D eigenvalue weighted by molar-refractivity contribution is 0.257. The summed E-state index contributed by atoms with van der Waals surface area (Å²) in [5.74, 6) is 0. The van der Waals surface area contributed by atoms with Gasteiger partial charge in [-0.2, -0.15) is 0 Å². The van der Waals surface area contributed by atoms with Gasteiger partial charge < -0.3 is 5.32 Å². The van der Waals surface area contributed by atoms with Crippen molar-refractivity contribution in [1.29, 1.82) is 0 Å². The molecule has 1 aromatic heterocycles. The third-order valence-corrected chi connectivity index (χ3v) is 5.28. The fourth-order valence-corrected chi connectivity index (χ4v) is 3.78. The van der Waals surface area contributed by atoms with Crippen molar-refractivity contribution < 1.29 is 0 Å². The molecule has 0 atom stereocenters. The second kappa shape index (κ2) is 7.06. The van der Waals surface area contributed by atoms with Gasteiger partial charge in [-0.05, 0) is 49.9 Å². The van der Waals surface area contributed by atoms with E-state index in [1.54, 1.807) is 0 Å². The Morgan fingerprint density at radius 3 is 2.70 bits per heavy atom. The van der Waals surface area contributed by atoms with Gasteiger partial charge in [-0.15, -0.1) is 11.3 Å². The van der Waals surface area contributed by atoms with Crippen molar-refractivity contribution in [2.75, 3.05) is 13.1 Å². The van der Waals surface area contributed by atoms with E-state index in [-0.39, 0.29) is 0 Å². The molecule has 0 bridgehead atoms. The zero-order valence-corrected chi connectivity index (χ0v) is 14.4. The van der Waals surface area contributed by atoms with E-state index >= 15 is 0 Å². The molecule has 0 unspecified atom stereocenters. The Labute approximate surface area is 128 Å². The Kier molecular flexibility index (Phi) is 5.65. The molecule has 3 heteroatoms. The number of likely N-dealkylation sites (tertiary alicyclic amines) is 1. The first-order valence-corrected chi connectivity index (χ1v) is 8.80. The highest BCUT2D eigenvalue weighted by Crippen LogP contribution is 2.30. The minimum atomic E-state index is 0.538. The van der Waals surface area contributed by atoms with E-state index in [9.17, 15) is 0 Å². The van der Waals surface area contributed by atoms with Gasteiger partial charge in [0.15, 0.2) is 0 Å². The van der Waals surface area contributed by atoms with Gasteiger partial charge in [-0.3, -0.25) is 4.90 Å². The molecular weight excluding hydrogens is 264 g/mol. The number of nitrogens with zero attached hydrogens (tertiary/aromatic N) is 1. The van der Waals surface area contributed by atoms with E-state index in [1.165, 1.54) is 42.1 Å². The minimum absolute atomic E-state index is 0.538. The van der Waals surface area contributed by atoms with E-state index in [1.807, 2.05) is 11.3 Å². The van der Waals surface area contributed by atoms with Crippen LogP contribution in [0.15, 0.2) is 12.1 Å². The standard InChI is InChI=1S/C17H30N2S/c1-14(2)18-12-15-6-7-16(20-15)13-19-10-5-8-17(3,4)9-11-19/h6-7,14,18H,5,8-13H2,1-4H3. The molecule has 0 radical (unpaired) electrons.